The Morgan fingerprint density at radius 1 is 1.11 bits per heavy atom. The van der Waals surface area contributed by atoms with Crippen molar-refractivity contribution in [2.24, 2.45) is 0 Å². The molecule has 1 unspecified atom stereocenters. The molecule has 2 aromatic carbocycles. The lowest BCUT2D eigenvalue weighted by Crippen LogP contribution is -2.10. The molecule has 0 bridgehead atoms. The maximum atomic E-state index is 13.4. The Morgan fingerprint density at radius 2 is 1.74 bits per heavy atom. The van der Waals surface area contributed by atoms with Crippen molar-refractivity contribution in [1.82, 2.24) is 0 Å². The topological polar surface area (TPSA) is 29.5 Å². The highest BCUT2D eigenvalue weighted by Crippen LogP contribution is 2.20. The first-order chi connectivity index (χ1) is 9.06. The lowest BCUT2D eigenvalue weighted by atomic mass is 10.0. The number of halogens is 1. The van der Waals surface area contributed by atoms with Crippen molar-refractivity contribution in [1.29, 1.82) is 0 Å². The molecular formula is C16H17FO2. The molecule has 1 atom stereocenters. The average molecular weight is 260 g/mol. The number of aliphatic hydroxyl groups is 1. The van der Waals surface area contributed by atoms with Gasteiger partial charge in [-0.25, -0.2) is 4.39 Å². The quantitative estimate of drug-likeness (QED) is 0.910. The average Bonchev–Trinajstić information content (AvgIpc) is 2.36. The summed E-state index contributed by atoms with van der Waals surface area (Å²) < 4.78 is 18.7. The van der Waals surface area contributed by atoms with Gasteiger partial charge in [0.25, 0.3) is 0 Å². The van der Waals surface area contributed by atoms with Crippen LogP contribution in [0.4, 0.5) is 4.39 Å². The summed E-state index contributed by atoms with van der Waals surface area (Å²) in [7, 11) is 0. The molecule has 0 saturated heterocycles. The van der Waals surface area contributed by atoms with Gasteiger partial charge in [-0.3, -0.25) is 0 Å². The minimum absolute atomic E-state index is 0.0316. The van der Waals surface area contributed by atoms with Crippen molar-refractivity contribution >= 4 is 0 Å². The molecule has 3 heteroatoms. The van der Waals surface area contributed by atoms with Crippen LogP contribution in [0.3, 0.4) is 0 Å². The summed E-state index contributed by atoms with van der Waals surface area (Å²) in [6.07, 6.45) is -0.766. The summed E-state index contributed by atoms with van der Waals surface area (Å²) in [5.74, 6) is -0.263. The fourth-order valence-corrected chi connectivity index (χ4v) is 2.03. The van der Waals surface area contributed by atoms with Gasteiger partial charge >= 0.3 is 0 Å². The van der Waals surface area contributed by atoms with Crippen LogP contribution >= 0.6 is 0 Å². The summed E-state index contributed by atoms with van der Waals surface area (Å²) in [5, 5.41) is 10.1. The lowest BCUT2D eigenvalue weighted by molar-refractivity contribution is 0.106. The number of aliphatic hydroxyl groups excluding tert-OH is 1. The van der Waals surface area contributed by atoms with Crippen LogP contribution in [0.25, 0.3) is 0 Å². The number of aryl methyl sites for hydroxylation is 2. The Hall–Kier alpha value is -1.87. The number of benzene rings is 2. The van der Waals surface area contributed by atoms with Crippen LogP contribution in [-0.2, 0) is 0 Å². The molecule has 0 amide bonds. The zero-order chi connectivity index (χ0) is 13.8. The minimum Gasteiger partial charge on any atom is -0.487 e. The van der Waals surface area contributed by atoms with Crippen molar-refractivity contribution in [3.63, 3.8) is 0 Å². The molecule has 0 heterocycles. The fourth-order valence-electron chi connectivity index (χ4n) is 2.03. The van der Waals surface area contributed by atoms with Crippen molar-refractivity contribution in [3.8, 4) is 5.75 Å². The maximum absolute atomic E-state index is 13.4. The predicted molar refractivity (Wildman–Crippen MR) is 72.8 cm³/mol. The van der Waals surface area contributed by atoms with Gasteiger partial charge in [-0.1, -0.05) is 41.5 Å². The Balaban J connectivity index is 2.05. The number of hydrogen-bond acceptors (Lipinski definition) is 2. The van der Waals surface area contributed by atoms with E-state index >= 15 is 0 Å². The van der Waals surface area contributed by atoms with E-state index in [4.69, 9.17) is 4.74 Å². The number of ether oxygens (including phenoxy) is 1. The minimum atomic E-state index is -0.766. The van der Waals surface area contributed by atoms with Crippen LogP contribution in [-0.4, -0.2) is 11.7 Å². The molecule has 19 heavy (non-hydrogen) atoms. The first-order valence-corrected chi connectivity index (χ1v) is 6.20. The van der Waals surface area contributed by atoms with Gasteiger partial charge in [0.15, 0.2) is 11.6 Å². The molecule has 0 fully saturated rings. The Bertz CT molecular complexity index is 546. The first kappa shape index (κ1) is 13.6. The highest BCUT2D eigenvalue weighted by Gasteiger charge is 2.11. The molecular weight excluding hydrogens is 243 g/mol. The molecule has 0 aromatic heterocycles. The number of hydrogen-bond donors (Lipinski definition) is 1. The zero-order valence-corrected chi connectivity index (χ0v) is 11.1. The fraction of sp³-hybridized carbons (Fsp3) is 0.250. The normalized spacial score (nSPS) is 12.2. The summed E-state index contributed by atoms with van der Waals surface area (Å²) >= 11 is 0. The van der Waals surface area contributed by atoms with Gasteiger partial charge in [0.05, 0.1) is 0 Å². The summed E-state index contributed by atoms with van der Waals surface area (Å²) in [6.45, 7) is 3.98. The van der Waals surface area contributed by atoms with Gasteiger partial charge < -0.3 is 9.84 Å². The molecule has 2 rings (SSSR count). The van der Waals surface area contributed by atoms with Gasteiger partial charge in [0.2, 0.25) is 0 Å². The monoisotopic (exact) mass is 260 g/mol. The molecule has 0 aliphatic heterocycles. The highest BCUT2D eigenvalue weighted by atomic mass is 19.1. The van der Waals surface area contributed by atoms with Crippen molar-refractivity contribution < 1.29 is 14.2 Å². The molecule has 0 spiro atoms. The first-order valence-electron chi connectivity index (χ1n) is 6.20. The Morgan fingerprint density at radius 3 is 2.37 bits per heavy atom. The molecule has 2 aromatic rings. The van der Waals surface area contributed by atoms with Crippen LogP contribution < -0.4 is 4.74 Å². The second-order valence-corrected chi connectivity index (χ2v) is 4.68. The van der Waals surface area contributed by atoms with E-state index in [0.29, 0.717) is 0 Å². The van der Waals surface area contributed by atoms with Crippen LogP contribution in [0.1, 0.15) is 22.8 Å². The summed E-state index contributed by atoms with van der Waals surface area (Å²) in [4.78, 5) is 0. The standard InChI is InChI=1S/C16H17FO2/c1-11-7-12(2)9-13(8-11)15(18)10-19-16-6-4-3-5-14(16)17/h3-9,15,18H,10H2,1-2H3. The second kappa shape index (κ2) is 5.85. The Labute approximate surface area is 112 Å². The van der Waals surface area contributed by atoms with Crippen LogP contribution in [0, 0.1) is 19.7 Å². The van der Waals surface area contributed by atoms with Gasteiger partial charge in [0.1, 0.15) is 12.7 Å². The third-order valence-corrected chi connectivity index (χ3v) is 2.86. The van der Waals surface area contributed by atoms with E-state index in [2.05, 4.69) is 0 Å². The van der Waals surface area contributed by atoms with Crippen LogP contribution in [0.15, 0.2) is 42.5 Å². The van der Waals surface area contributed by atoms with E-state index in [-0.39, 0.29) is 12.4 Å². The van der Waals surface area contributed by atoms with E-state index in [1.165, 1.54) is 6.07 Å². The highest BCUT2D eigenvalue weighted by molar-refractivity contribution is 5.30. The predicted octanol–water partition coefficient (Wildman–Crippen LogP) is 3.55. The molecule has 2 nitrogen and oxygen atoms in total. The van der Waals surface area contributed by atoms with Gasteiger partial charge in [-0.15, -0.1) is 0 Å². The summed E-state index contributed by atoms with van der Waals surface area (Å²) in [5.41, 5.74) is 2.95. The van der Waals surface area contributed by atoms with Crippen molar-refractivity contribution in [2.45, 2.75) is 20.0 Å². The second-order valence-electron chi connectivity index (χ2n) is 4.68. The van der Waals surface area contributed by atoms with E-state index in [1.54, 1.807) is 18.2 Å². The third kappa shape index (κ3) is 3.55. The molecule has 0 aliphatic rings. The molecule has 0 radical (unpaired) electrons. The molecule has 1 N–H and O–H groups in total. The van der Waals surface area contributed by atoms with Gasteiger partial charge in [0, 0.05) is 0 Å². The van der Waals surface area contributed by atoms with Gasteiger partial charge in [-0.2, -0.15) is 0 Å². The third-order valence-electron chi connectivity index (χ3n) is 2.86. The smallest absolute Gasteiger partial charge is 0.165 e. The number of para-hydroxylation sites is 1. The van der Waals surface area contributed by atoms with E-state index in [0.717, 1.165) is 16.7 Å². The summed E-state index contributed by atoms with van der Waals surface area (Å²) in [6, 6.07) is 12.0. The van der Waals surface area contributed by atoms with Crippen molar-refractivity contribution in [2.75, 3.05) is 6.61 Å². The lowest BCUT2D eigenvalue weighted by Gasteiger charge is -2.14. The Kier molecular flexibility index (Phi) is 4.17. The van der Waals surface area contributed by atoms with Gasteiger partial charge in [-0.05, 0) is 31.5 Å². The van der Waals surface area contributed by atoms with Crippen LogP contribution in [0.5, 0.6) is 5.75 Å². The largest absolute Gasteiger partial charge is 0.487 e. The van der Waals surface area contributed by atoms with E-state index < -0.39 is 11.9 Å². The maximum Gasteiger partial charge on any atom is 0.165 e. The molecule has 100 valence electrons. The molecule has 0 aliphatic carbocycles. The van der Waals surface area contributed by atoms with Crippen molar-refractivity contribution in [3.05, 3.63) is 65.0 Å². The number of rotatable bonds is 4. The van der Waals surface area contributed by atoms with Crippen LogP contribution in [0.2, 0.25) is 0 Å². The zero-order valence-electron chi connectivity index (χ0n) is 11.1. The van der Waals surface area contributed by atoms with E-state index in [9.17, 15) is 9.50 Å². The van der Waals surface area contributed by atoms with E-state index in [1.807, 2.05) is 32.0 Å². The SMILES string of the molecule is Cc1cc(C)cc(C(O)COc2ccccc2F)c1. The molecule has 0 saturated carbocycles.